The number of carbonyl (C=O) groups is 1. The summed E-state index contributed by atoms with van der Waals surface area (Å²) >= 11 is 5.31. The molecule has 0 heterocycles. The molecule has 0 aliphatic heterocycles. The highest BCUT2D eigenvalue weighted by Crippen LogP contribution is 2.09. The first-order valence-corrected chi connectivity index (χ1v) is 6.98. The number of rotatable bonds is 4. The summed E-state index contributed by atoms with van der Waals surface area (Å²) in [6.45, 7) is 0.343. The van der Waals surface area contributed by atoms with Gasteiger partial charge in [0, 0.05) is 12.8 Å². The van der Waals surface area contributed by atoms with Crippen molar-refractivity contribution in [2.24, 2.45) is 0 Å². The van der Waals surface area contributed by atoms with E-state index in [1.165, 1.54) is 12.1 Å². The van der Waals surface area contributed by atoms with Crippen LogP contribution in [-0.2, 0) is 21.2 Å². The lowest BCUT2D eigenvalue weighted by Crippen LogP contribution is -2.23. The molecule has 0 saturated carbocycles. The van der Waals surface area contributed by atoms with E-state index in [-0.39, 0.29) is 16.7 Å². The zero-order valence-corrected chi connectivity index (χ0v) is 10.3. The van der Waals surface area contributed by atoms with Gasteiger partial charge in [-0.05, 0) is 17.7 Å². The zero-order chi connectivity index (χ0) is 12.2. The summed E-state index contributed by atoms with van der Waals surface area (Å²) in [5, 5.41) is 2.59. The Bertz CT molecular complexity index is 467. The Morgan fingerprint density at radius 2 is 1.88 bits per heavy atom. The molecule has 1 rings (SSSR count). The summed E-state index contributed by atoms with van der Waals surface area (Å²) in [6, 6.07) is 6.34. The predicted molar refractivity (Wildman–Crippen MR) is 62.1 cm³/mol. The van der Waals surface area contributed by atoms with E-state index in [1.54, 1.807) is 12.1 Å². The highest BCUT2D eigenvalue weighted by atomic mass is 35.5. The molecule has 1 aromatic carbocycles. The smallest absolute Gasteiger partial charge is 0.235 e. The third-order valence-corrected chi connectivity index (χ3v) is 3.33. The Balaban J connectivity index is 2.69. The van der Waals surface area contributed by atoms with E-state index in [9.17, 15) is 13.2 Å². The molecule has 0 aliphatic rings. The molecule has 1 N–H and O–H groups in total. The number of nitrogens with one attached hydrogen (secondary N) is 1. The van der Waals surface area contributed by atoms with Gasteiger partial charge in [0.1, 0.15) is 5.88 Å². The fourth-order valence-corrected chi connectivity index (χ4v) is 1.83. The van der Waals surface area contributed by atoms with Crippen LogP contribution >= 0.6 is 11.6 Å². The van der Waals surface area contributed by atoms with Crippen LogP contribution < -0.4 is 5.32 Å². The molecule has 0 unspecified atom stereocenters. The van der Waals surface area contributed by atoms with E-state index >= 15 is 0 Å². The molecule has 0 bridgehead atoms. The molecule has 1 amide bonds. The zero-order valence-electron chi connectivity index (χ0n) is 8.73. The number of hydrogen-bond donors (Lipinski definition) is 1. The van der Waals surface area contributed by atoms with Gasteiger partial charge in [0.2, 0.25) is 5.91 Å². The number of amides is 1. The van der Waals surface area contributed by atoms with Crippen LogP contribution in [0.4, 0.5) is 0 Å². The Labute approximate surface area is 99.5 Å². The molecule has 0 fully saturated rings. The minimum atomic E-state index is -3.16. The van der Waals surface area contributed by atoms with Gasteiger partial charge >= 0.3 is 0 Å². The molecule has 0 saturated heterocycles. The second kappa shape index (κ2) is 5.32. The van der Waals surface area contributed by atoms with E-state index < -0.39 is 9.84 Å². The van der Waals surface area contributed by atoms with Gasteiger partial charge in [0.15, 0.2) is 9.84 Å². The average molecular weight is 262 g/mol. The van der Waals surface area contributed by atoms with Crippen molar-refractivity contribution in [1.82, 2.24) is 5.32 Å². The maximum atomic E-state index is 11.2. The number of benzene rings is 1. The highest BCUT2D eigenvalue weighted by Gasteiger charge is 2.06. The molecule has 0 spiro atoms. The van der Waals surface area contributed by atoms with Gasteiger partial charge in [-0.15, -0.1) is 11.6 Å². The molecule has 0 radical (unpaired) electrons. The number of halogens is 1. The van der Waals surface area contributed by atoms with Crippen molar-refractivity contribution in [1.29, 1.82) is 0 Å². The fourth-order valence-electron chi connectivity index (χ4n) is 1.10. The van der Waals surface area contributed by atoms with Gasteiger partial charge in [0.05, 0.1) is 4.90 Å². The van der Waals surface area contributed by atoms with Crippen LogP contribution in [0.2, 0.25) is 0 Å². The van der Waals surface area contributed by atoms with Gasteiger partial charge in [-0.2, -0.15) is 0 Å². The van der Waals surface area contributed by atoms with Crippen molar-refractivity contribution in [2.75, 3.05) is 12.1 Å². The van der Waals surface area contributed by atoms with E-state index in [2.05, 4.69) is 5.32 Å². The lowest BCUT2D eigenvalue weighted by molar-refractivity contribution is -0.118. The minimum Gasteiger partial charge on any atom is -0.351 e. The third kappa shape index (κ3) is 3.83. The molecular formula is C10H12ClNO3S. The first-order chi connectivity index (χ1) is 7.43. The molecule has 6 heteroatoms. The molecular weight excluding hydrogens is 250 g/mol. The Hall–Kier alpha value is -1.07. The van der Waals surface area contributed by atoms with Crippen molar-refractivity contribution < 1.29 is 13.2 Å². The van der Waals surface area contributed by atoms with E-state index in [4.69, 9.17) is 11.6 Å². The first kappa shape index (κ1) is 13.0. The number of hydrogen-bond acceptors (Lipinski definition) is 3. The quantitative estimate of drug-likeness (QED) is 0.821. The fraction of sp³-hybridized carbons (Fsp3) is 0.300. The molecule has 88 valence electrons. The number of carbonyl (C=O) groups excluding carboxylic acids is 1. The summed E-state index contributed by atoms with van der Waals surface area (Å²) in [7, 11) is -3.16. The Morgan fingerprint density at radius 3 is 2.31 bits per heavy atom. The van der Waals surface area contributed by atoms with Gasteiger partial charge in [-0.3, -0.25) is 4.79 Å². The van der Waals surface area contributed by atoms with Crippen LogP contribution in [0.5, 0.6) is 0 Å². The molecule has 16 heavy (non-hydrogen) atoms. The number of sulfone groups is 1. The largest absolute Gasteiger partial charge is 0.351 e. The second-order valence-electron chi connectivity index (χ2n) is 3.33. The molecule has 1 aromatic rings. The number of alkyl halides is 1. The topological polar surface area (TPSA) is 63.2 Å². The van der Waals surface area contributed by atoms with E-state index in [0.29, 0.717) is 6.54 Å². The standard InChI is InChI=1S/C10H12ClNO3S/c1-16(14,15)9-4-2-8(3-5-9)7-12-10(13)6-11/h2-5H,6-7H2,1H3,(H,12,13). The van der Waals surface area contributed by atoms with Crippen LogP contribution in [0.15, 0.2) is 29.2 Å². The second-order valence-corrected chi connectivity index (χ2v) is 5.61. The summed E-state index contributed by atoms with van der Waals surface area (Å²) in [6.07, 6.45) is 1.15. The van der Waals surface area contributed by atoms with Gasteiger partial charge < -0.3 is 5.32 Å². The lowest BCUT2D eigenvalue weighted by atomic mass is 10.2. The summed E-state index contributed by atoms with van der Waals surface area (Å²) in [4.78, 5) is 11.1. The predicted octanol–water partition coefficient (Wildman–Crippen LogP) is 0.945. The lowest BCUT2D eigenvalue weighted by Gasteiger charge is -2.04. The van der Waals surface area contributed by atoms with Crippen LogP contribution in [0.3, 0.4) is 0 Å². The molecule has 0 aliphatic carbocycles. The van der Waals surface area contributed by atoms with Crippen LogP contribution in [0, 0.1) is 0 Å². The SMILES string of the molecule is CS(=O)(=O)c1ccc(CNC(=O)CCl)cc1. The highest BCUT2D eigenvalue weighted by molar-refractivity contribution is 7.90. The first-order valence-electron chi connectivity index (χ1n) is 4.55. The monoisotopic (exact) mass is 261 g/mol. The van der Waals surface area contributed by atoms with E-state index in [0.717, 1.165) is 11.8 Å². The van der Waals surface area contributed by atoms with Gasteiger partial charge in [0.25, 0.3) is 0 Å². The van der Waals surface area contributed by atoms with Crippen molar-refractivity contribution in [3.63, 3.8) is 0 Å². The van der Waals surface area contributed by atoms with E-state index in [1.807, 2.05) is 0 Å². The van der Waals surface area contributed by atoms with Crippen molar-refractivity contribution >= 4 is 27.3 Å². The average Bonchev–Trinajstić information content (AvgIpc) is 2.25. The molecule has 0 atom stereocenters. The van der Waals surface area contributed by atoms with Crippen LogP contribution in [0.25, 0.3) is 0 Å². The molecule has 0 aromatic heterocycles. The summed E-state index contributed by atoms with van der Waals surface area (Å²) in [5.74, 6) is -0.338. The maximum Gasteiger partial charge on any atom is 0.235 e. The van der Waals surface area contributed by atoms with Crippen LogP contribution in [-0.4, -0.2) is 26.5 Å². The van der Waals surface area contributed by atoms with Crippen molar-refractivity contribution in [3.05, 3.63) is 29.8 Å². The van der Waals surface area contributed by atoms with Crippen LogP contribution in [0.1, 0.15) is 5.56 Å². The Morgan fingerprint density at radius 1 is 1.31 bits per heavy atom. The Kier molecular flexibility index (Phi) is 4.32. The minimum absolute atomic E-state index is 0.0819. The summed E-state index contributed by atoms with van der Waals surface area (Å²) in [5.41, 5.74) is 0.825. The van der Waals surface area contributed by atoms with Crippen molar-refractivity contribution in [2.45, 2.75) is 11.4 Å². The molecule has 4 nitrogen and oxygen atoms in total. The van der Waals surface area contributed by atoms with Gasteiger partial charge in [-0.25, -0.2) is 8.42 Å². The third-order valence-electron chi connectivity index (χ3n) is 1.96. The van der Waals surface area contributed by atoms with Gasteiger partial charge in [-0.1, -0.05) is 12.1 Å². The normalized spacial score (nSPS) is 11.1. The maximum absolute atomic E-state index is 11.2. The summed E-state index contributed by atoms with van der Waals surface area (Å²) < 4.78 is 22.3. The van der Waals surface area contributed by atoms with Crippen molar-refractivity contribution in [3.8, 4) is 0 Å².